The van der Waals surface area contributed by atoms with Crippen LogP contribution in [-0.2, 0) is 4.74 Å². The standard InChI is InChI=1S/C11H17NOS/c1-2-10(11-4-3-7-14-11)12-9-5-6-13-8-9/h3-4,7,9-10,12H,2,5-6,8H2,1H3. The Morgan fingerprint density at radius 3 is 3.21 bits per heavy atom. The molecule has 1 aromatic rings. The van der Waals surface area contributed by atoms with Crippen molar-refractivity contribution in [3.05, 3.63) is 22.4 Å². The molecule has 3 heteroatoms. The summed E-state index contributed by atoms with van der Waals surface area (Å²) < 4.78 is 5.36. The lowest BCUT2D eigenvalue weighted by Crippen LogP contribution is -2.32. The van der Waals surface area contributed by atoms with Crippen molar-refractivity contribution >= 4 is 11.3 Å². The fraction of sp³-hybridized carbons (Fsp3) is 0.636. The van der Waals surface area contributed by atoms with Crippen LogP contribution < -0.4 is 5.32 Å². The summed E-state index contributed by atoms with van der Waals surface area (Å²) in [6.45, 7) is 4.02. The predicted molar refractivity (Wildman–Crippen MR) is 59.7 cm³/mol. The summed E-state index contributed by atoms with van der Waals surface area (Å²) in [5.41, 5.74) is 0. The van der Waals surface area contributed by atoms with Crippen molar-refractivity contribution in [3.63, 3.8) is 0 Å². The lowest BCUT2D eigenvalue weighted by Gasteiger charge is -2.19. The molecule has 1 saturated heterocycles. The Morgan fingerprint density at radius 1 is 1.71 bits per heavy atom. The molecule has 1 fully saturated rings. The molecule has 2 unspecified atom stereocenters. The molecule has 2 atom stereocenters. The number of ether oxygens (including phenoxy) is 1. The molecule has 0 aliphatic carbocycles. The summed E-state index contributed by atoms with van der Waals surface area (Å²) in [6, 6.07) is 5.40. The topological polar surface area (TPSA) is 21.3 Å². The van der Waals surface area contributed by atoms with Crippen molar-refractivity contribution in [2.75, 3.05) is 13.2 Å². The molecule has 1 aliphatic rings. The van der Waals surface area contributed by atoms with Gasteiger partial charge < -0.3 is 10.1 Å². The Morgan fingerprint density at radius 2 is 2.64 bits per heavy atom. The fourth-order valence-electron chi connectivity index (χ4n) is 1.84. The molecule has 2 nitrogen and oxygen atoms in total. The van der Waals surface area contributed by atoms with Gasteiger partial charge in [-0.15, -0.1) is 11.3 Å². The second-order valence-corrected chi connectivity index (χ2v) is 4.68. The average molecular weight is 211 g/mol. The zero-order valence-electron chi connectivity index (χ0n) is 8.53. The van der Waals surface area contributed by atoms with E-state index in [0.717, 1.165) is 26.1 Å². The third-order valence-corrected chi connectivity index (χ3v) is 3.65. The minimum absolute atomic E-state index is 0.515. The van der Waals surface area contributed by atoms with E-state index in [1.807, 2.05) is 11.3 Å². The second kappa shape index (κ2) is 4.91. The van der Waals surface area contributed by atoms with E-state index in [9.17, 15) is 0 Å². The van der Waals surface area contributed by atoms with Gasteiger partial charge in [0.05, 0.1) is 6.61 Å². The van der Waals surface area contributed by atoms with E-state index in [-0.39, 0.29) is 0 Å². The third-order valence-electron chi connectivity index (χ3n) is 2.66. The Bertz CT molecular complexity index is 254. The molecule has 0 amide bonds. The molecule has 2 rings (SSSR count). The maximum atomic E-state index is 5.36. The van der Waals surface area contributed by atoms with Crippen molar-refractivity contribution in [1.29, 1.82) is 0 Å². The zero-order valence-corrected chi connectivity index (χ0v) is 9.35. The molecular formula is C11H17NOS. The first-order valence-corrected chi connectivity index (χ1v) is 6.15. The summed E-state index contributed by atoms with van der Waals surface area (Å²) in [4.78, 5) is 1.44. The van der Waals surface area contributed by atoms with E-state index in [1.54, 1.807) is 0 Å². The Labute approximate surface area is 89.3 Å². The summed E-state index contributed by atoms with van der Waals surface area (Å²) in [5.74, 6) is 0. The van der Waals surface area contributed by atoms with E-state index < -0.39 is 0 Å². The van der Waals surface area contributed by atoms with Crippen LogP contribution in [-0.4, -0.2) is 19.3 Å². The highest BCUT2D eigenvalue weighted by Crippen LogP contribution is 2.23. The summed E-state index contributed by atoms with van der Waals surface area (Å²) in [5, 5.41) is 5.80. The number of nitrogens with one attached hydrogen (secondary N) is 1. The monoisotopic (exact) mass is 211 g/mol. The van der Waals surface area contributed by atoms with Gasteiger partial charge in [-0.2, -0.15) is 0 Å². The van der Waals surface area contributed by atoms with Gasteiger partial charge >= 0.3 is 0 Å². The molecule has 14 heavy (non-hydrogen) atoms. The van der Waals surface area contributed by atoms with Crippen LogP contribution in [0.5, 0.6) is 0 Å². The van der Waals surface area contributed by atoms with E-state index in [2.05, 4.69) is 29.8 Å². The highest BCUT2D eigenvalue weighted by Gasteiger charge is 2.19. The molecule has 78 valence electrons. The third kappa shape index (κ3) is 2.35. The molecule has 1 N–H and O–H groups in total. The smallest absolute Gasteiger partial charge is 0.0620 e. The van der Waals surface area contributed by atoms with Crippen molar-refractivity contribution in [2.24, 2.45) is 0 Å². The maximum absolute atomic E-state index is 5.36. The molecule has 1 aliphatic heterocycles. The normalized spacial score (nSPS) is 23.9. The number of hydrogen-bond acceptors (Lipinski definition) is 3. The first-order valence-electron chi connectivity index (χ1n) is 5.27. The Balaban J connectivity index is 1.93. The fourth-order valence-corrected chi connectivity index (χ4v) is 2.71. The molecular weight excluding hydrogens is 194 g/mol. The van der Waals surface area contributed by atoms with Crippen LogP contribution in [0.1, 0.15) is 30.7 Å². The molecule has 0 aromatic carbocycles. The molecule has 0 spiro atoms. The molecule has 0 radical (unpaired) electrons. The van der Waals surface area contributed by atoms with Crippen molar-refractivity contribution in [3.8, 4) is 0 Å². The number of rotatable bonds is 4. The van der Waals surface area contributed by atoms with Gasteiger partial charge in [-0.05, 0) is 24.3 Å². The first-order chi connectivity index (χ1) is 6.90. The summed E-state index contributed by atoms with van der Waals surface area (Å²) >= 11 is 1.84. The van der Waals surface area contributed by atoms with E-state index in [0.29, 0.717) is 12.1 Å². The summed E-state index contributed by atoms with van der Waals surface area (Å²) in [6.07, 6.45) is 2.30. The van der Waals surface area contributed by atoms with Crippen LogP contribution in [0.25, 0.3) is 0 Å². The second-order valence-electron chi connectivity index (χ2n) is 3.70. The molecule has 1 aromatic heterocycles. The van der Waals surface area contributed by atoms with Crippen LogP contribution >= 0.6 is 11.3 Å². The SMILES string of the molecule is CCC(NC1CCOC1)c1cccs1. The highest BCUT2D eigenvalue weighted by atomic mass is 32.1. The first kappa shape index (κ1) is 10.1. The minimum Gasteiger partial charge on any atom is -0.380 e. The minimum atomic E-state index is 0.515. The Kier molecular flexibility index (Phi) is 3.56. The van der Waals surface area contributed by atoms with Crippen molar-refractivity contribution in [2.45, 2.75) is 31.8 Å². The van der Waals surface area contributed by atoms with Gasteiger partial charge in [-0.25, -0.2) is 0 Å². The average Bonchev–Trinajstić information content (AvgIpc) is 2.86. The molecule has 0 saturated carbocycles. The van der Waals surface area contributed by atoms with Crippen LogP contribution in [0.2, 0.25) is 0 Å². The lowest BCUT2D eigenvalue weighted by molar-refractivity contribution is 0.188. The summed E-state index contributed by atoms with van der Waals surface area (Å²) in [7, 11) is 0. The largest absolute Gasteiger partial charge is 0.380 e. The van der Waals surface area contributed by atoms with Gasteiger partial charge in [0, 0.05) is 23.6 Å². The van der Waals surface area contributed by atoms with Crippen molar-refractivity contribution < 1.29 is 4.74 Å². The van der Waals surface area contributed by atoms with Gasteiger partial charge in [-0.1, -0.05) is 13.0 Å². The molecule has 2 heterocycles. The predicted octanol–water partition coefficient (Wildman–Crippen LogP) is 2.58. The van der Waals surface area contributed by atoms with Crippen LogP contribution in [0.15, 0.2) is 17.5 Å². The van der Waals surface area contributed by atoms with Gasteiger partial charge in [0.25, 0.3) is 0 Å². The van der Waals surface area contributed by atoms with E-state index in [1.165, 1.54) is 4.88 Å². The van der Waals surface area contributed by atoms with E-state index >= 15 is 0 Å². The van der Waals surface area contributed by atoms with Gasteiger partial charge in [-0.3, -0.25) is 0 Å². The molecule has 0 bridgehead atoms. The van der Waals surface area contributed by atoms with Crippen LogP contribution in [0.4, 0.5) is 0 Å². The maximum Gasteiger partial charge on any atom is 0.0620 e. The van der Waals surface area contributed by atoms with Crippen LogP contribution in [0.3, 0.4) is 0 Å². The highest BCUT2D eigenvalue weighted by molar-refractivity contribution is 7.10. The van der Waals surface area contributed by atoms with E-state index in [4.69, 9.17) is 4.74 Å². The number of hydrogen-bond donors (Lipinski definition) is 1. The zero-order chi connectivity index (χ0) is 9.80. The number of thiophene rings is 1. The Hall–Kier alpha value is -0.380. The van der Waals surface area contributed by atoms with Crippen LogP contribution in [0, 0.1) is 0 Å². The van der Waals surface area contributed by atoms with Gasteiger partial charge in [0.2, 0.25) is 0 Å². The quantitative estimate of drug-likeness (QED) is 0.826. The van der Waals surface area contributed by atoms with Crippen molar-refractivity contribution in [1.82, 2.24) is 5.32 Å². The van der Waals surface area contributed by atoms with Gasteiger partial charge in [0.1, 0.15) is 0 Å². The van der Waals surface area contributed by atoms with Gasteiger partial charge in [0.15, 0.2) is 0 Å². The lowest BCUT2D eigenvalue weighted by atomic mass is 10.1.